The molecule has 0 amide bonds. The molecule has 0 aliphatic heterocycles. The van der Waals surface area contributed by atoms with E-state index in [2.05, 4.69) is 15.9 Å². The number of hydrogen-bond acceptors (Lipinski definition) is 3. The number of carbonyl (C=O) groups excluding carboxylic acids is 1. The molecule has 4 heteroatoms. The van der Waals surface area contributed by atoms with Gasteiger partial charge in [0.05, 0.1) is 20.1 Å². The molecule has 0 aliphatic carbocycles. The fraction of sp³-hybridized carbons (Fsp3) is 0.462. The first-order valence-electron chi connectivity index (χ1n) is 5.50. The number of halogens is 1. The second-order valence-electron chi connectivity index (χ2n) is 3.71. The molecular weight excluding hydrogens is 284 g/mol. The van der Waals surface area contributed by atoms with E-state index in [9.17, 15) is 4.79 Å². The molecule has 0 aliphatic rings. The highest BCUT2D eigenvalue weighted by atomic mass is 79.9. The van der Waals surface area contributed by atoms with Crippen LogP contribution in [0.4, 0.5) is 0 Å². The Morgan fingerprint density at radius 2 is 2.06 bits per heavy atom. The third kappa shape index (κ3) is 3.73. The van der Waals surface area contributed by atoms with E-state index in [0.717, 1.165) is 27.8 Å². The molecule has 94 valence electrons. The van der Waals surface area contributed by atoms with E-state index in [1.165, 1.54) is 0 Å². The summed E-state index contributed by atoms with van der Waals surface area (Å²) in [4.78, 5) is 11.4. The van der Waals surface area contributed by atoms with Crippen LogP contribution in [0.25, 0.3) is 0 Å². The molecule has 0 aromatic heterocycles. The van der Waals surface area contributed by atoms with Gasteiger partial charge < -0.3 is 9.47 Å². The second-order valence-corrected chi connectivity index (χ2v) is 4.27. The summed E-state index contributed by atoms with van der Waals surface area (Å²) in [6.07, 6.45) is 0.290. The molecule has 0 bridgehead atoms. The summed E-state index contributed by atoms with van der Waals surface area (Å²) < 4.78 is 10.2. The fourth-order valence-electron chi connectivity index (χ4n) is 1.64. The van der Waals surface area contributed by atoms with Crippen molar-refractivity contribution in [2.24, 2.45) is 0 Å². The van der Waals surface area contributed by atoms with Crippen molar-refractivity contribution in [3.8, 4) is 5.75 Å². The number of hydrogen-bond donors (Lipinski definition) is 0. The van der Waals surface area contributed by atoms with Crippen molar-refractivity contribution < 1.29 is 14.3 Å². The molecule has 0 saturated carbocycles. The summed E-state index contributed by atoms with van der Waals surface area (Å²) in [5, 5.41) is 0.733. The van der Waals surface area contributed by atoms with Crippen molar-refractivity contribution in [2.45, 2.75) is 25.6 Å². The fourth-order valence-corrected chi connectivity index (χ4v) is 2.08. The summed E-state index contributed by atoms with van der Waals surface area (Å²) in [5.74, 6) is 0.594. The number of benzene rings is 1. The molecule has 1 rings (SSSR count). The summed E-state index contributed by atoms with van der Waals surface area (Å²) in [6.45, 7) is 4.20. The highest BCUT2D eigenvalue weighted by Crippen LogP contribution is 2.25. The van der Waals surface area contributed by atoms with Gasteiger partial charge in [-0.2, -0.15) is 0 Å². The van der Waals surface area contributed by atoms with Crippen LogP contribution in [0.2, 0.25) is 0 Å². The molecule has 17 heavy (non-hydrogen) atoms. The summed E-state index contributed by atoms with van der Waals surface area (Å²) in [6, 6.07) is 3.94. The summed E-state index contributed by atoms with van der Waals surface area (Å²) >= 11 is 3.41. The average Bonchev–Trinajstić information content (AvgIpc) is 2.31. The Balaban J connectivity index is 2.96. The normalized spacial score (nSPS) is 10.1. The lowest BCUT2D eigenvalue weighted by atomic mass is 10.0. The van der Waals surface area contributed by atoms with Gasteiger partial charge >= 0.3 is 5.97 Å². The predicted octanol–water partition coefficient (Wildman–Crippen LogP) is 3.00. The minimum Gasteiger partial charge on any atom is -0.496 e. The number of rotatable bonds is 5. The van der Waals surface area contributed by atoms with Crippen LogP contribution >= 0.6 is 15.9 Å². The smallest absolute Gasteiger partial charge is 0.310 e. The molecule has 0 atom stereocenters. The molecule has 0 N–H and O–H groups in total. The molecule has 0 heterocycles. The number of aryl methyl sites for hydroxylation is 1. The van der Waals surface area contributed by atoms with Crippen LogP contribution in [0.5, 0.6) is 5.75 Å². The molecule has 1 aromatic carbocycles. The van der Waals surface area contributed by atoms with Crippen LogP contribution in [0, 0.1) is 6.92 Å². The highest BCUT2D eigenvalue weighted by Gasteiger charge is 2.11. The maximum absolute atomic E-state index is 11.4. The Hall–Kier alpha value is -1.03. The zero-order valence-corrected chi connectivity index (χ0v) is 12.0. The van der Waals surface area contributed by atoms with E-state index in [1.807, 2.05) is 19.1 Å². The van der Waals surface area contributed by atoms with Gasteiger partial charge in [-0.15, -0.1) is 0 Å². The quantitative estimate of drug-likeness (QED) is 0.619. The van der Waals surface area contributed by atoms with Crippen LogP contribution < -0.4 is 4.74 Å². The third-order valence-electron chi connectivity index (χ3n) is 2.52. The summed E-state index contributed by atoms with van der Waals surface area (Å²) in [5.41, 5.74) is 3.11. The Kier molecular flexibility index (Phi) is 5.48. The van der Waals surface area contributed by atoms with E-state index >= 15 is 0 Å². The van der Waals surface area contributed by atoms with Gasteiger partial charge in [0.15, 0.2) is 0 Å². The minimum atomic E-state index is -0.204. The standard InChI is InChI=1S/C13H17BrO3/c1-4-17-13(15)7-10-6-12(16-3)11(8-14)5-9(10)2/h5-6H,4,7-8H2,1-3H3. The Morgan fingerprint density at radius 3 is 2.59 bits per heavy atom. The van der Waals surface area contributed by atoms with E-state index in [-0.39, 0.29) is 5.97 Å². The van der Waals surface area contributed by atoms with Crippen LogP contribution in [0.1, 0.15) is 23.6 Å². The molecule has 0 fully saturated rings. The van der Waals surface area contributed by atoms with E-state index in [0.29, 0.717) is 13.0 Å². The summed E-state index contributed by atoms with van der Waals surface area (Å²) in [7, 11) is 1.63. The molecule has 0 unspecified atom stereocenters. The number of esters is 1. The van der Waals surface area contributed by atoms with Gasteiger partial charge in [0, 0.05) is 10.9 Å². The van der Waals surface area contributed by atoms with Crippen LogP contribution in [-0.2, 0) is 21.3 Å². The third-order valence-corrected chi connectivity index (χ3v) is 3.13. The number of ether oxygens (including phenoxy) is 2. The van der Waals surface area contributed by atoms with Crippen molar-refractivity contribution in [2.75, 3.05) is 13.7 Å². The zero-order chi connectivity index (χ0) is 12.8. The van der Waals surface area contributed by atoms with Gasteiger partial charge in [-0.3, -0.25) is 4.79 Å². The first-order chi connectivity index (χ1) is 8.12. The van der Waals surface area contributed by atoms with Crippen LogP contribution in [-0.4, -0.2) is 19.7 Å². The molecule has 3 nitrogen and oxygen atoms in total. The lowest BCUT2D eigenvalue weighted by Gasteiger charge is -2.12. The van der Waals surface area contributed by atoms with Crippen LogP contribution in [0.15, 0.2) is 12.1 Å². The van der Waals surface area contributed by atoms with E-state index < -0.39 is 0 Å². The van der Waals surface area contributed by atoms with Crippen LogP contribution in [0.3, 0.4) is 0 Å². The molecule has 0 radical (unpaired) electrons. The topological polar surface area (TPSA) is 35.5 Å². The molecular formula is C13H17BrO3. The van der Waals surface area contributed by atoms with Gasteiger partial charge in [0.2, 0.25) is 0 Å². The minimum absolute atomic E-state index is 0.204. The first-order valence-corrected chi connectivity index (χ1v) is 6.62. The molecule has 1 aromatic rings. The Labute approximate surface area is 110 Å². The van der Waals surface area contributed by atoms with Crippen molar-refractivity contribution in [1.82, 2.24) is 0 Å². The maximum atomic E-state index is 11.4. The predicted molar refractivity (Wildman–Crippen MR) is 70.7 cm³/mol. The number of carbonyl (C=O) groups is 1. The van der Waals surface area contributed by atoms with Gasteiger partial charge in [-0.05, 0) is 31.0 Å². The van der Waals surface area contributed by atoms with Gasteiger partial charge in [-0.25, -0.2) is 0 Å². The first kappa shape index (κ1) is 14.0. The Bertz CT molecular complexity index is 402. The molecule has 0 saturated heterocycles. The Morgan fingerprint density at radius 1 is 1.35 bits per heavy atom. The van der Waals surface area contributed by atoms with Gasteiger partial charge in [0.1, 0.15) is 5.75 Å². The van der Waals surface area contributed by atoms with E-state index in [4.69, 9.17) is 9.47 Å². The zero-order valence-electron chi connectivity index (χ0n) is 10.4. The average molecular weight is 301 g/mol. The van der Waals surface area contributed by atoms with E-state index in [1.54, 1.807) is 14.0 Å². The SMILES string of the molecule is CCOC(=O)Cc1cc(OC)c(CBr)cc1C. The van der Waals surface area contributed by atoms with Gasteiger partial charge in [0.25, 0.3) is 0 Å². The largest absolute Gasteiger partial charge is 0.496 e. The second kappa shape index (κ2) is 6.64. The highest BCUT2D eigenvalue weighted by molar-refractivity contribution is 9.08. The monoisotopic (exact) mass is 300 g/mol. The lowest BCUT2D eigenvalue weighted by Crippen LogP contribution is -2.09. The number of methoxy groups -OCH3 is 1. The van der Waals surface area contributed by atoms with Crippen molar-refractivity contribution in [3.05, 3.63) is 28.8 Å². The number of alkyl halides is 1. The van der Waals surface area contributed by atoms with Gasteiger partial charge in [-0.1, -0.05) is 22.0 Å². The lowest BCUT2D eigenvalue weighted by molar-refractivity contribution is -0.142. The van der Waals surface area contributed by atoms with Crippen molar-refractivity contribution in [3.63, 3.8) is 0 Å². The van der Waals surface area contributed by atoms with Crippen molar-refractivity contribution in [1.29, 1.82) is 0 Å². The van der Waals surface area contributed by atoms with Crippen molar-refractivity contribution >= 4 is 21.9 Å². The maximum Gasteiger partial charge on any atom is 0.310 e. The molecule has 0 spiro atoms.